The lowest BCUT2D eigenvalue weighted by Crippen LogP contribution is -2.40. The maximum Gasteiger partial charge on any atom is 0.309 e. The molecule has 0 saturated carbocycles. The van der Waals surface area contributed by atoms with Gasteiger partial charge in [0, 0.05) is 19.5 Å². The maximum atomic E-state index is 12.0. The summed E-state index contributed by atoms with van der Waals surface area (Å²) >= 11 is 0. The van der Waals surface area contributed by atoms with Gasteiger partial charge in [-0.25, -0.2) is 0 Å². The molecule has 1 aliphatic heterocycles. The molecular weight excluding hydrogens is 336 g/mol. The van der Waals surface area contributed by atoms with Crippen LogP contribution in [-0.2, 0) is 19.6 Å². The summed E-state index contributed by atoms with van der Waals surface area (Å²) in [5.74, 6) is -1.31. The Kier molecular flexibility index (Phi) is 6.16. The molecule has 1 aromatic rings. The van der Waals surface area contributed by atoms with E-state index in [0.717, 1.165) is 0 Å². The highest BCUT2D eigenvalue weighted by molar-refractivity contribution is 7.87. The van der Waals surface area contributed by atoms with E-state index in [1.807, 2.05) is 0 Å². The van der Waals surface area contributed by atoms with E-state index in [4.69, 9.17) is 14.7 Å². The number of carbonyl (C=O) groups excluding carboxylic acids is 2. The average Bonchev–Trinajstić information content (AvgIpc) is 2.55. The Bertz CT molecular complexity index is 698. The van der Waals surface area contributed by atoms with Crippen molar-refractivity contribution in [2.75, 3.05) is 32.1 Å². The number of morpholine rings is 1. The van der Waals surface area contributed by atoms with E-state index in [0.29, 0.717) is 26.3 Å². The minimum atomic E-state index is -3.92. The number of benzene rings is 1. The number of amides is 2. The number of nitrogens with zero attached hydrogens (tertiary/aromatic N) is 1. The van der Waals surface area contributed by atoms with Gasteiger partial charge >= 0.3 is 10.1 Å². The molecule has 0 aliphatic carbocycles. The zero-order valence-electron chi connectivity index (χ0n) is 13.1. The minimum Gasteiger partial charge on any atom is -0.382 e. The van der Waals surface area contributed by atoms with Crippen LogP contribution in [-0.4, -0.2) is 57.2 Å². The van der Waals surface area contributed by atoms with Gasteiger partial charge in [0.1, 0.15) is 0 Å². The normalized spacial score (nSPS) is 15.1. The monoisotopic (exact) mass is 356 g/mol. The van der Waals surface area contributed by atoms with Crippen molar-refractivity contribution < 1.29 is 26.9 Å². The lowest BCUT2D eigenvalue weighted by molar-refractivity contribution is -0.135. The van der Waals surface area contributed by atoms with Gasteiger partial charge in [-0.15, -0.1) is 0 Å². The minimum absolute atomic E-state index is 0.00883. The van der Waals surface area contributed by atoms with E-state index >= 15 is 0 Å². The summed E-state index contributed by atoms with van der Waals surface area (Å²) in [7, 11) is -3.92. The number of primary amides is 1. The van der Waals surface area contributed by atoms with E-state index in [2.05, 4.69) is 0 Å². The molecule has 1 aromatic carbocycles. The first-order chi connectivity index (χ1) is 11.4. The molecule has 132 valence electrons. The van der Waals surface area contributed by atoms with Crippen LogP contribution in [0.25, 0.3) is 0 Å². The van der Waals surface area contributed by atoms with Crippen molar-refractivity contribution in [3.63, 3.8) is 0 Å². The van der Waals surface area contributed by atoms with Crippen LogP contribution in [0.15, 0.2) is 24.3 Å². The van der Waals surface area contributed by atoms with E-state index in [1.54, 1.807) is 17.0 Å². The summed E-state index contributed by atoms with van der Waals surface area (Å²) in [6.45, 7) is 2.04. The van der Waals surface area contributed by atoms with Crippen LogP contribution in [0.4, 0.5) is 0 Å². The fourth-order valence-corrected chi connectivity index (χ4v) is 3.29. The number of para-hydroxylation sites is 1. The lowest BCUT2D eigenvalue weighted by atomic mass is 10.2. The molecule has 1 aliphatic rings. The first kappa shape index (κ1) is 18.2. The van der Waals surface area contributed by atoms with Gasteiger partial charge in [-0.1, -0.05) is 12.1 Å². The topological polar surface area (TPSA) is 116 Å². The van der Waals surface area contributed by atoms with Crippen molar-refractivity contribution in [1.82, 2.24) is 4.90 Å². The first-order valence-corrected chi connectivity index (χ1v) is 9.13. The molecule has 2 amide bonds. The Morgan fingerprint density at radius 3 is 2.54 bits per heavy atom. The molecule has 1 fully saturated rings. The van der Waals surface area contributed by atoms with E-state index in [9.17, 15) is 18.0 Å². The summed E-state index contributed by atoms with van der Waals surface area (Å²) in [4.78, 5) is 24.9. The van der Waals surface area contributed by atoms with Crippen molar-refractivity contribution in [2.45, 2.75) is 12.8 Å². The zero-order valence-corrected chi connectivity index (χ0v) is 14.0. The molecule has 0 bridgehead atoms. The number of hydrogen-bond donors (Lipinski definition) is 1. The lowest BCUT2D eigenvalue weighted by Gasteiger charge is -2.26. The Labute approximate surface area is 140 Å². The van der Waals surface area contributed by atoms with Gasteiger partial charge in [-0.3, -0.25) is 9.59 Å². The van der Waals surface area contributed by atoms with Gasteiger partial charge in [-0.05, 0) is 18.6 Å². The number of rotatable bonds is 7. The number of hydrogen-bond acceptors (Lipinski definition) is 6. The number of carbonyl (C=O) groups is 2. The van der Waals surface area contributed by atoms with Crippen molar-refractivity contribution in [1.29, 1.82) is 0 Å². The second-order valence-electron chi connectivity index (χ2n) is 5.30. The fourth-order valence-electron chi connectivity index (χ4n) is 2.29. The molecule has 0 atom stereocenters. The van der Waals surface area contributed by atoms with Gasteiger partial charge in [0.15, 0.2) is 5.75 Å². The van der Waals surface area contributed by atoms with E-state index in [1.165, 1.54) is 12.1 Å². The summed E-state index contributed by atoms with van der Waals surface area (Å²) < 4.78 is 34.1. The highest BCUT2D eigenvalue weighted by Crippen LogP contribution is 2.19. The summed E-state index contributed by atoms with van der Waals surface area (Å²) in [6.07, 6.45) is 0.247. The second-order valence-corrected chi connectivity index (χ2v) is 6.99. The van der Waals surface area contributed by atoms with Crippen LogP contribution in [0, 0.1) is 0 Å². The van der Waals surface area contributed by atoms with Crippen LogP contribution in [0.5, 0.6) is 5.75 Å². The van der Waals surface area contributed by atoms with Crippen molar-refractivity contribution in [2.24, 2.45) is 5.73 Å². The molecule has 0 aromatic heterocycles. The number of ether oxygens (including phenoxy) is 1. The second kappa shape index (κ2) is 8.11. The molecular formula is C15H20N2O6S. The zero-order chi connectivity index (χ0) is 17.6. The van der Waals surface area contributed by atoms with Crippen molar-refractivity contribution >= 4 is 21.9 Å². The molecule has 9 heteroatoms. The van der Waals surface area contributed by atoms with Crippen LogP contribution in [0.1, 0.15) is 23.2 Å². The molecule has 2 N–H and O–H groups in total. The van der Waals surface area contributed by atoms with E-state index < -0.39 is 16.0 Å². The molecule has 1 saturated heterocycles. The van der Waals surface area contributed by atoms with Gasteiger partial charge in [0.05, 0.1) is 24.5 Å². The standard InChI is InChI=1S/C15H20N2O6S/c16-15(19)12-4-1-2-5-13(12)23-24(20,21)11-3-6-14(18)17-7-9-22-10-8-17/h1-2,4-5H,3,6-11H2,(H2,16,19). The summed E-state index contributed by atoms with van der Waals surface area (Å²) in [6, 6.07) is 5.84. The van der Waals surface area contributed by atoms with Gasteiger partial charge in [0.25, 0.3) is 5.91 Å². The molecule has 2 rings (SSSR count). The molecule has 0 unspecified atom stereocenters. The Hall–Kier alpha value is -2.13. The Morgan fingerprint density at radius 2 is 1.88 bits per heavy atom. The molecule has 8 nitrogen and oxygen atoms in total. The van der Waals surface area contributed by atoms with Crippen LogP contribution >= 0.6 is 0 Å². The Balaban J connectivity index is 1.88. The average molecular weight is 356 g/mol. The largest absolute Gasteiger partial charge is 0.382 e. The fraction of sp³-hybridized carbons (Fsp3) is 0.467. The van der Waals surface area contributed by atoms with Gasteiger partial charge in [-0.2, -0.15) is 8.42 Å². The summed E-state index contributed by atoms with van der Waals surface area (Å²) in [5.41, 5.74) is 5.17. The maximum absolute atomic E-state index is 12.0. The highest BCUT2D eigenvalue weighted by atomic mass is 32.2. The molecule has 24 heavy (non-hydrogen) atoms. The Morgan fingerprint density at radius 1 is 1.21 bits per heavy atom. The third-order valence-electron chi connectivity index (χ3n) is 3.52. The highest BCUT2D eigenvalue weighted by Gasteiger charge is 2.20. The quantitative estimate of drug-likeness (QED) is 0.694. The third kappa shape index (κ3) is 5.20. The molecule has 0 radical (unpaired) electrons. The van der Waals surface area contributed by atoms with Crippen molar-refractivity contribution in [3.8, 4) is 5.75 Å². The van der Waals surface area contributed by atoms with Gasteiger partial charge < -0.3 is 19.6 Å². The summed E-state index contributed by atoms with van der Waals surface area (Å²) in [5, 5.41) is 0. The predicted octanol–water partition coefficient (Wildman–Crippen LogP) is 0.133. The van der Waals surface area contributed by atoms with Crippen LogP contribution in [0.3, 0.4) is 0 Å². The van der Waals surface area contributed by atoms with Crippen molar-refractivity contribution in [3.05, 3.63) is 29.8 Å². The smallest absolute Gasteiger partial charge is 0.309 e. The van der Waals surface area contributed by atoms with Gasteiger partial charge in [0.2, 0.25) is 5.91 Å². The number of nitrogens with two attached hydrogens (primary N) is 1. The SMILES string of the molecule is NC(=O)c1ccccc1OS(=O)(=O)CCCC(=O)N1CCOCC1. The third-order valence-corrected chi connectivity index (χ3v) is 4.74. The van der Waals surface area contributed by atoms with E-state index in [-0.39, 0.29) is 35.8 Å². The predicted molar refractivity (Wildman–Crippen MR) is 86.0 cm³/mol. The first-order valence-electron chi connectivity index (χ1n) is 7.55. The van der Waals surface area contributed by atoms with Crippen LogP contribution in [0.2, 0.25) is 0 Å². The molecule has 0 spiro atoms. The van der Waals surface area contributed by atoms with Crippen LogP contribution < -0.4 is 9.92 Å². The molecule has 1 heterocycles.